The molecule has 0 amide bonds. The quantitative estimate of drug-likeness (QED) is 0.411. The molecule has 1 aliphatic rings. The average molecular weight is 468 g/mol. The van der Waals surface area contributed by atoms with Crippen LogP contribution in [0, 0.1) is 5.92 Å². The molecule has 7 heteroatoms. The first kappa shape index (κ1) is 24.0. The summed E-state index contributed by atoms with van der Waals surface area (Å²) in [4.78, 5) is 15.3. The number of rotatable bonds is 9. The van der Waals surface area contributed by atoms with Crippen molar-refractivity contribution in [3.63, 3.8) is 0 Å². The minimum absolute atomic E-state index is 0.129. The summed E-state index contributed by atoms with van der Waals surface area (Å²) in [7, 11) is 4.64. The van der Waals surface area contributed by atoms with Crippen LogP contribution in [-0.2, 0) is 0 Å². The lowest BCUT2D eigenvalue weighted by Crippen LogP contribution is -2.34. The number of piperidine rings is 1. The molecule has 0 N–H and O–H groups in total. The van der Waals surface area contributed by atoms with Gasteiger partial charge in [-0.1, -0.05) is 6.92 Å². The van der Waals surface area contributed by atoms with Crippen LogP contribution in [0.25, 0.3) is 22.3 Å². The number of nitrogens with zero attached hydrogens (tertiary/aromatic N) is 1. The molecule has 0 saturated carbocycles. The maximum Gasteiger partial charge on any atom is 0.203 e. The molecule has 1 saturated heterocycles. The third kappa shape index (κ3) is 5.30. The van der Waals surface area contributed by atoms with E-state index in [9.17, 15) is 4.79 Å². The van der Waals surface area contributed by atoms with Crippen LogP contribution in [0.5, 0.6) is 23.0 Å². The van der Waals surface area contributed by atoms with E-state index in [1.54, 1.807) is 45.6 Å². The molecule has 7 nitrogen and oxygen atoms in total. The Morgan fingerprint density at radius 3 is 2.32 bits per heavy atom. The van der Waals surface area contributed by atoms with Crippen molar-refractivity contribution in [3.05, 3.63) is 46.6 Å². The molecule has 0 aliphatic carbocycles. The van der Waals surface area contributed by atoms with Gasteiger partial charge >= 0.3 is 0 Å². The van der Waals surface area contributed by atoms with E-state index in [1.807, 2.05) is 6.07 Å². The molecule has 0 spiro atoms. The van der Waals surface area contributed by atoms with E-state index < -0.39 is 0 Å². The van der Waals surface area contributed by atoms with Crippen molar-refractivity contribution >= 4 is 11.0 Å². The van der Waals surface area contributed by atoms with Crippen LogP contribution < -0.4 is 24.4 Å². The zero-order chi connectivity index (χ0) is 24.1. The van der Waals surface area contributed by atoms with Crippen molar-refractivity contribution in [2.24, 2.45) is 5.92 Å². The SMILES string of the molecule is COc1cc(-c2cc(=O)c3ccc(OCCCN4CCC(C)CC4)cc3o2)cc(OC)c1OC. The van der Waals surface area contributed by atoms with Gasteiger partial charge in [0.25, 0.3) is 0 Å². The predicted molar refractivity (Wildman–Crippen MR) is 133 cm³/mol. The molecule has 182 valence electrons. The lowest BCUT2D eigenvalue weighted by atomic mass is 9.99. The number of hydrogen-bond acceptors (Lipinski definition) is 7. The van der Waals surface area contributed by atoms with Crippen LogP contribution in [0.3, 0.4) is 0 Å². The van der Waals surface area contributed by atoms with Crippen molar-refractivity contribution in [1.82, 2.24) is 4.90 Å². The number of likely N-dealkylation sites (tertiary alicyclic amines) is 1. The summed E-state index contributed by atoms with van der Waals surface area (Å²) >= 11 is 0. The molecule has 3 aromatic rings. The highest BCUT2D eigenvalue weighted by Crippen LogP contribution is 2.41. The molecule has 4 rings (SSSR count). The van der Waals surface area contributed by atoms with Gasteiger partial charge in [0, 0.05) is 24.2 Å². The summed E-state index contributed by atoms with van der Waals surface area (Å²) in [5.74, 6) is 3.38. The van der Waals surface area contributed by atoms with Gasteiger partial charge in [-0.3, -0.25) is 4.79 Å². The standard InChI is InChI=1S/C27H33NO6/c1-18-8-11-28(12-9-18)10-5-13-33-20-6-7-21-22(29)17-23(34-24(21)16-20)19-14-25(30-2)27(32-4)26(15-19)31-3/h6-7,14-18H,5,8-13H2,1-4H3. The first-order chi connectivity index (χ1) is 16.5. The van der Waals surface area contributed by atoms with Crippen LogP contribution >= 0.6 is 0 Å². The molecule has 1 aliphatic heterocycles. The molecule has 1 aromatic heterocycles. The average Bonchev–Trinajstić information content (AvgIpc) is 2.86. The third-order valence-electron chi connectivity index (χ3n) is 6.41. The Hall–Kier alpha value is -3.19. The van der Waals surface area contributed by atoms with Gasteiger partial charge in [-0.05, 0) is 62.5 Å². The van der Waals surface area contributed by atoms with Gasteiger partial charge in [0.2, 0.25) is 5.75 Å². The fourth-order valence-corrected chi connectivity index (χ4v) is 4.35. The summed E-state index contributed by atoms with van der Waals surface area (Å²) in [6.07, 6.45) is 3.51. The molecule has 2 aromatic carbocycles. The van der Waals surface area contributed by atoms with Crippen LogP contribution in [0.1, 0.15) is 26.2 Å². The Bertz CT molecular complexity index is 1150. The first-order valence-corrected chi connectivity index (χ1v) is 11.8. The fraction of sp³-hybridized carbons (Fsp3) is 0.444. The molecular weight excluding hydrogens is 434 g/mol. The predicted octanol–water partition coefficient (Wildman–Crippen LogP) is 4.99. The van der Waals surface area contributed by atoms with E-state index in [2.05, 4.69) is 11.8 Å². The number of benzene rings is 2. The number of ether oxygens (including phenoxy) is 4. The Labute approximate surface area is 200 Å². The van der Waals surface area contributed by atoms with E-state index in [1.165, 1.54) is 32.0 Å². The number of fused-ring (bicyclic) bond motifs is 1. The van der Waals surface area contributed by atoms with Crippen molar-refractivity contribution in [3.8, 4) is 34.3 Å². The molecule has 0 bridgehead atoms. The summed E-state index contributed by atoms with van der Waals surface area (Å²) < 4.78 is 28.3. The Morgan fingerprint density at radius 1 is 0.971 bits per heavy atom. The summed E-state index contributed by atoms with van der Waals surface area (Å²) in [6.45, 7) is 6.33. The zero-order valence-electron chi connectivity index (χ0n) is 20.4. The maximum atomic E-state index is 12.8. The van der Waals surface area contributed by atoms with Crippen LogP contribution in [-0.4, -0.2) is 52.5 Å². The highest BCUT2D eigenvalue weighted by molar-refractivity contribution is 5.80. The highest BCUT2D eigenvalue weighted by Gasteiger charge is 2.17. The van der Waals surface area contributed by atoms with Gasteiger partial charge in [0.15, 0.2) is 16.9 Å². The minimum Gasteiger partial charge on any atom is -0.493 e. The summed E-state index contributed by atoms with van der Waals surface area (Å²) in [5, 5.41) is 0.506. The fourth-order valence-electron chi connectivity index (χ4n) is 4.35. The van der Waals surface area contributed by atoms with Crippen LogP contribution in [0.4, 0.5) is 0 Å². The monoisotopic (exact) mass is 467 g/mol. The molecular formula is C27H33NO6. The number of methoxy groups -OCH3 is 3. The molecule has 2 heterocycles. The molecule has 0 atom stereocenters. The van der Waals surface area contributed by atoms with Gasteiger partial charge in [-0.2, -0.15) is 0 Å². The largest absolute Gasteiger partial charge is 0.493 e. The van der Waals surface area contributed by atoms with Crippen molar-refractivity contribution in [2.45, 2.75) is 26.2 Å². The lowest BCUT2D eigenvalue weighted by Gasteiger charge is -2.30. The Balaban J connectivity index is 1.52. The minimum atomic E-state index is -0.129. The van der Waals surface area contributed by atoms with E-state index in [0.717, 1.165) is 18.9 Å². The Kier molecular flexibility index (Phi) is 7.63. The van der Waals surface area contributed by atoms with E-state index in [-0.39, 0.29) is 5.43 Å². The van der Waals surface area contributed by atoms with Gasteiger partial charge < -0.3 is 28.3 Å². The lowest BCUT2D eigenvalue weighted by molar-refractivity contribution is 0.177. The summed E-state index contributed by atoms with van der Waals surface area (Å²) in [5.41, 5.74) is 0.991. The smallest absolute Gasteiger partial charge is 0.203 e. The third-order valence-corrected chi connectivity index (χ3v) is 6.41. The Morgan fingerprint density at radius 2 is 1.68 bits per heavy atom. The van der Waals surface area contributed by atoms with Gasteiger partial charge in [-0.25, -0.2) is 0 Å². The molecule has 34 heavy (non-hydrogen) atoms. The van der Waals surface area contributed by atoms with Crippen molar-refractivity contribution in [1.29, 1.82) is 0 Å². The van der Waals surface area contributed by atoms with Gasteiger partial charge in [0.05, 0.1) is 33.3 Å². The molecule has 0 unspecified atom stereocenters. The zero-order valence-corrected chi connectivity index (χ0v) is 20.4. The second-order valence-corrected chi connectivity index (χ2v) is 8.77. The number of hydrogen-bond donors (Lipinski definition) is 0. The van der Waals surface area contributed by atoms with Gasteiger partial charge in [0.1, 0.15) is 17.1 Å². The normalized spacial score (nSPS) is 14.8. The van der Waals surface area contributed by atoms with E-state index >= 15 is 0 Å². The molecule has 1 fully saturated rings. The van der Waals surface area contributed by atoms with Crippen molar-refractivity contribution in [2.75, 3.05) is 47.6 Å². The van der Waals surface area contributed by atoms with E-state index in [4.69, 9.17) is 23.4 Å². The van der Waals surface area contributed by atoms with Crippen molar-refractivity contribution < 1.29 is 23.4 Å². The molecule has 0 radical (unpaired) electrons. The van der Waals surface area contributed by atoms with Crippen LogP contribution in [0.2, 0.25) is 0 Å². The van der Waals surface area contributed by atoms with Crippen LogP contribution in [0.15, 0.2) is 45.6 Å². The topological polar surface area (TPSA) is 70.4 Å². The first-order valence-electron chi connectivity index (χ1n) is 11.8. The van der Waals surface area contributed by atoms with Gasteiger partial charge in [-0.15, -0.1) is 0 Å². The highest BCUT2D eigenvalue weighted by atomic mass is 16.5. The summed E-state index contributed by atoms with van der Waals surface area (Å²) in [6, 6.07) is 10.3. The van der Waals surface area contributed by atoms with E-state index in [0.29, 0.717) is 51.9 Å². The maximum absolute atomic E-state index is 12.8. The second kappa shape index (κ2) is 10.8. The second-order valence-electron chi connectivity index (χ2n) is 8.77.